The molecule has 0 saturated carbocycles. The number of thioether (sulfide) groups is 1. The molecular weight excluding hydrogens is 210 g/mol. The van der Waals surface area contributed by atoms with Crippen molar-refractivity contribution in [3.8, 4) is 0 Å². The molecule has 0 bridgehead atoms. The van der Waals surface area contributed by atoms with Crippen LogP contribution in [0, 0.1) is 17.0 Å². The Morgan fingerprint density at radius 1 is 1.47 bits per heavy atom. The predicted octanol–water partition coefficient (Wildman–Crippen LogP) is 3.27. The van der Waals surface area contributed by atoms with Crippen LogP contribution in [-0.4, -0.2) is 10.7 Å². The van der Waals surface area contributed by atoms with E-state index in [0.29, 0.717) is 5.75 Å². The summed E-state index contributed by atoms with van der Waals surface area (Å²) in [6.45, 7) is 3.71. The molecule has 0 radical (unpaired) electrons. The molecule has 0 spiro atoms. The van der Waals surface area contributed by atoms with Crippen LogP contribution < -0.4 is 0 Å². The molecule has 1 rings (SSSR count). The maximum Gasteiger partial charge on any atom is 0.252 e. The monoisotopic (exact) mass is 223 g/mol. The van der Waals surface area contributed by atoms with Crippen molar-refractivity contribution in [2.75, 3.05) is 5.75 Å². The summed E-state index contributed by atoms with van der Waals surface area (Å²) in [6, 6.07) is 7.97. The zero-order valence-electron chi connectivity index (χ0n) is 8.77. The van der Waals surface area contributed by atoms with E-state index in [4.69, 9.17) is 0 Å². The fourth-order valence-corrected chi connectivity index (χ4v) is 1.95. The van der Waals surface area contributed by atoms with E-state index >= 15 is 0 Å². The van der Waals surface area contributed by atoms with Gasteiger partial charge in [0.05, 0.1) is 10.7 Å². The molecule has 1 aromatic carbocycles. The highest BCUT2D eigenvalue weighted by atomic mass is 32.2. The Morgan fingerprint density at radius 2 is 2.07 bits per heavy atom. The fraction of sp³-hybridized carbons (Fsp3) is 0.273. The molecule has 1 aromatic rings. The van der Waals surface area contributed by atoms with Gasteiger partial charge in [0.25, 0.3) is 5.70 Å². The third-order valence-electron chi connectivity index (χ3n) is 1.98. The van der Waals surface area contributed by atoms with E-state index in [2.05, 4.69) is 0 Å². The number of benzene rings is 1. The second-order valence-electron chi connectivity index (χ2n) is 3.14. The van der Waals surface area contributed by atoms with Gasteiger partial charge in [-0.15, -0.1) is 11.8 Å². The highest BCUT2D eigenvalue weighted by molar-refractivity contribution is 7.99. The van der Waals surface area contributed by atoms with Crippen molar-refractivity contribution in [3.05, 3.63) is 51.7 Å². The Hall–Kier alpha value is -1.29. The summed E-state index contributed by atoms with van der Waals surface area (Å²) in [7, 11) is 0. The minimum absolute atomic E-state index is 0.251. The Bertz CT molecular complexity index is 371. The summed E-state index contributed by atoms with van der Waals surface area (Å²) in [5.74, 6) is 0.409. The molecule has 0 unspecified atom stereocenters. The summed E-state index contributed by atoms with van der Waals surface area (Å²) in [5.41, 5.74) is 1.44. The van der Waals surface area contributed by atoms with Gasteiger partial charge in [0.2, 0.25) is 0 Å². The molecule has 0 N–H and O–H groups in total. The first-order valence-corrected chi connectivity index (χ1v) is 5.61. The summed E-state index contributed by atoms with van der Waals surface area (Å²) in [5, 5.41) is 10.5. The van der Waals surface area contributed by atoms with Crippen LogP contribution in [0.1, 0.15) is 12.5 Å². The molecular formula is C11H13NO2S. The first-order chi connectivity index (χ1) is 7.13. The quantitative estimate of drug-likeness (QED) is 0.447. The van der Waals surface area contributed by atoms with E-state index in [9.17, 15) is 10.1 Å². The SMILES string of the molecule is C/C=C(\CSc1ccc(C)cc1)[N+](=O)[O-]. The molecule has 0 fully saturated rings. The van der Waals surface area contributed by atoms with Crippen LogP contribution in [0.25, 0.3) is 0 Å². The van der Waals surface area contributed by atoms with E-state index in [0.717, 1.165) is 4.90 Å². The Balaban J connectivity index is 2.57. The van der Waals surface area contributed by atoms with Gasteiger partial charge in [-0.3, -0.25) is 10.1 Å². The van der Waals surface area contributed by atoms with Crippen LogP contribution in [0.4, 0.5) is 0 Å². The van der Waals surface area contributed by atoms with Crippen LogP contribution >= 0.6 is 11.8 Å². The molecule has 0 aliphatic carbocycles. The molecule has 0 saturated heterocycles. The van der Waals surface area contributed by atoms with Gasteiger partial charge in [-0.2, -0.15) is 0 Å². The summed E-state index contributed by atoms with van der Waals surface area (Å²) in [4.78, 5) is 11.3. The van der Waals surface area contributed by atoms with Gasteiger partial charge >= 0.3 is 0 Å². The Morgan fingerprint density at radius 3 is 2.53 bits per heavy atom. The third-order valence-corrected chi connectivity index (χ3v) is 3.02. The van der Waals surface area contributed by atoms with Gasteiger partial charge in [-0.1, -0.05) is 17.7 Å². The lowest BCUT2D eigenvalue weighted by Crippen LogP contribution is -2.00. The van der Waals surface area contributed by atoms with Gasteiger partial charge in [0, 0.05) is 4.90 Å². The van der Waals surface area contributed by atoms with Crippen molar-refractivity contribution >= 4 is 11.8 Å². The fourth-order valence-electron chi connectivity index (χ4n) is 1.03. The maximum atomic E-state index is 10.5. The van der Waals surface area contributed by atoms with Gasteiger partial charge in [-0.25, -0.2) is 0 Å². The average Bonchev–Trinajstić information content (AvgIpc) is 2.21. The van der Waals surface area contributed by atoms with Crippen LogP contribution in [0.2, 0.25) is 0 Å². The summed E-state index contributed by atoms with van der Waals surface area (Å²) < 4.78 is 0. The summed E-state index contributed by atoms with van der Waals surface area (Å²) in [6.07, 6.45) is 1.54. The Kier molecular flexibility index (Phi) is 4.37. The van der Waals surface area contributed by atoms with Gasteiger partial charge in [0.1, 0.15) is 0 Å². The van der Waals surface area contributed by atoms with Gasteiger partial charge < -0.3 is 0 Å². The van der Waals surface area contributed by atoms with E-state index in [1.54, 1.807) is 13.0 Å². The van der Waals surface area contributed by atoms with Crippen molar-refractivity contribution in [3.63, 3.8) is 0 Å². The van der Waals surface area contributed by atoms with E-state index in [1.807, 2.05) is 31.2 Å². The standard InChI is InChI=1S/C11H13NO2S/c1-3-10(12(13)14)8-15-11-6-4-9(2)5-7-11/h3-7H,8H2,1-2H3/b10-3+. The lowest BCUT2D eigenvalue weighted by atomic mass is 10.2. The number of nitrogens with zero attached hydrogens (tertiary/aromatic N) is 1. The zero-order valence-corrected chi connectivity index (χ0v) is 9.58. The molecule has 0 atom stereocenters. The van der Waals surface area contributed by atoms with Crippen LogP contribution in [-0.2, 0) is 0 Å². The third kappa shape index (κ3) is 3.75. The molecule has 3 nitrogen and oxygen atoms in total. The van der Waals surface area contributed by atoms with E-state index in [-0.39, 0.29) is 10.6 Å². The molecule has 0 aliphatic heterocycles. The number of hydrogen-bond donors (Lipinski definition) is 0. The van der Waals surface area contributed by atoms with Crippen LogP contribution in [0.3, 0.4) is 0 Å². The van der Waals surface area contributed by atoms with Crippen LogP contribution in [0.15, 0.2) is 40.9 Å². The molecule has 4 heteroatoms. The number of allylic oxidation sites excluding steroid dienone is 1. The minimum atomic E-state index is -0.332. The average molecular weight is 223 g/mol. The lowest BCUT2D eigenvalue weighted by Gasteiger charge is -2.00. The van der Waals surface area contributed by atoms with Crippen LogP contribution in [0.5, 0.6) is 0 Å². The van der Waals surface area contributed by atoms with Gasteiger partial charge in [0.15, 0.2) is 0 Å². The zero-order chi connectivity index (χ0) is 11.3. The van der Waals surface area contributed by atoms with Gasteiger partial charge in [-0.05, 0) is 32.1 Å². The highest BCUT2D eigenvalue weighted by Gasteiger charge is 2.08. The summed E-state index contributed by atoms with van der Waals surface area (Å²) >= 11 is 1.48. The van der Waals surface area contributed by atoms with Crippen molar-refractivity contribution in [2.45, 2.75) is 18.7 Å². The smallest absolute Gasteiger partial charge is 0.252 e. The first-order valence-electron chi connectivity index (χ1n) is 4.62. The van der Waals surface area contributed by atoms with Crippen molar-refractivity contribution in [1.29, 1.82) is 0 Å². The lowest BCUT2D eigenvalue weighted by molar-refractivity contribution is -0.423. The first kappa shape index (κ1) is 11.8. The molecule has 0 aromatic heterocycles. The number of aryl methyl sites for hydroxylation is 1. The highest BCUT2D eigenvalue weighted by Crippen LogP contribution is 2.20. The van der Waals surface area contributed by atoms with E-state index in [1.165, 1.54) is 17.3 Å². The molecule has 15 heavy (non-hydrogen) atoms. The molecule has 0 amide bonds. The van der Waals surface area contributed by atoms with Crippen molar-refractivity contribution in [2.24, 2.45) is 0 Å². The van der Waals surface area contributed by atoms with Crippen molar-refractivity contribution < 1.29 is 4.92 Å². The Labute approximate surface area is 93.3 Å². The largest absolute Gasteiger partial charge is 0.259 e. The molecule has 0 heterocycles. The molecule has 80 valence electrons. The normalized spacial score (nSPS) is 11.5. The van der Waals surface area contributed by atoms with E-state index < -0.39 is 0 Å². The second kappa shape index (κ2) is 5.56. The molecule has 0 aliphatic rings. The number of nitro groups is 1. The predicted molar refractivity (Wildman–Crippen MR) is 62.7 cm³/mol. The maximum absolute atomic E-state index is 10.5. The second-order valence-corrected chi connectivity index (χ2v) is 4.19. The number of rotatable bonds is 4. The number of hydrogen-bond acceptors (Lipinski definition) is 3. The minimum Gasteiger partial charge on any atom is -0.259 e. The van der Waals surface area contributed by atoms with Crippen molar-refractivity contribution in [1.82, 2.24) is 0 Å². The topological polar surface area (TPSA) is 43.1 Å².